The molecular weight excluding hydrogens is 311 g/mol. The number of nitrogens with zero attached hydrogens (tertiary/aromatic N) is 1. The third-order valence-electron chi connectivity index (χ3n) is 3.52. The molecular formula is C15H16Cl2N2O2. The second-order valence-electron chi connectivity index (χ2n) is 4.93. The van der Waals surface area contributed by atoms with Crippen LogP contribution in [0.5, 0.6) is 0 Å². The highest BCUT2D eigenvalue weighted by molar-refractivity contribution is 6.31. The molecule has 0 heterocycles. The van der Waals surface area contributed by atoms with Gasteiger partial charge in [0.15, 0.2) is 0 Å². The van der Waals surface area contributed by atoms with Gasteiger partial charge in [0.1, 0.15) is 0 Å². The standard InChI is InChI=1S/C15H16Cl2N2O2/c1-21-14(20)15(8-6-12(16)7-9-15)10-11-2-4-13(5-3-11)19(17)18/h2-8H,9-10,18H2,1H3. The molecule has 1 aliphatic carbocycles. The molecule has 0 bridgehead atoms. The first-order chi connectivity index (χ1) is 9.97. The van der Waals surface area contributed by atoms with E-state index in [1.165, 1.54) is 7.11 Å². The zero-order chi connectivity index (χ0) is 15.5. The molecule has 0 fully saturated rings. The summed E-state index contributed by atoms with van der Waals surface area (Å²) in [6, 6.07) is 7.36. The van der Waals surface area contributed by atoms with Gasteiger partial charge < -0.3 is 4.74 Å². The van der Waals surface area contributed by atoms with Crippen LogP contribution in [0.3, 0.4) is 0 Å². The third-order valence-corrected chi connectivity index (χ3v) is 3.99. The molecule has 1 aromatic carbocycles. The van der Waals surface area contributed by atoms with E-state index in [4.69, 9.17) is 34.0 Å². The molecule has 4 nitrogen and oxygen atoms in total. The van der Waals surface area contributed by atoms with Crippen molar-refractivity contribution in [3.8, 4) is 0 Å². The van der Waals surface area contributed by atoms with Crippen LogP contribution in [-0.4, -0.2) is 13.1 Å². The zero-order valence-electron chi connectivity index (χ0n) is 11.6. The van der Waals surface area contributed by atoms with Crippen LogP contribution in [0, 0.1) is 5.41 Å². The number of rotatable bonds is 4. The molecule has 0 amide bonds. The topological polar surface area (TPSA) is 55.6 Å². The second kappa shape index (κ2) is 6.52. The highest BCUT2D eigenvalue weighted by Crippen LogP contribution is 2.36. The molecule has 0 spiro atoms. The molecule has 112 valence electrons. The number of ether oxygens (including phenoxy) is 1. The fourth-order valence-electron chi connectivity index (χ4n) is 2.33. The van der Waals surface area contributed by atoms with Crippen molar-refractivity contribution in [2.75, 3.05) is 11.6 Å². The number of anilines is 1. The predicted octanol–water partition coefficient (Wildman–Crippen LogP) is 3.31. The largest absolute Gasteiger partial charge is 0.468 e. The van der Waals surface area contributed by atoms with Gasteiger partial charge in [0.05, 0.1) is 18.2 Å². The summed E-state index contributed by atoms with van der Waals surface area (Å²) in [7, 11) is 1.39. The third kappa shape index (κ3) is 3.59. The van der Waals surface area contributed by atoms with Crippen LogP contribution in [0.15, 0.2) is 47.5 Å². The summed E-state index contributed by atoms with van der Waals surface area (Å²) >= 11 is 11.6. The van der Waals surface area contributed by atoms with E-state index in [0.717, 1.165) is 10.1 Å². The second-order valence-corrected chi connectivity index (χ2v) is 5.73. The van der Waals surface area contributed by atoms with E-state index in [9.17, 15) is 4.79 Å². The Kier molecular flexibility index (Phi) is 4.93. The molecule has 0 saturated carbocycles. The molecule has 2 rings (SSSR count). The lowest BCUT2D eigenvalue weighted by atomic mass is 9.76. The SMILES string of the molecule is COC(=O)C1(Cc2ccc(N(N)Cl)cc2)C=CC(Cl)=CC1. The summed E-state index contributed by atoms with van der Waals surface area (Å²) in [5, 5.41) is 0.630. The number of halogens is 2. The van der Waals surface area contributed by atoms with E-state index < -0.39 is 5.41 Å². The minimum atomic E-state index is -0.724. The van der Waals surface area contributed by atoms with Crippen molar-refractivity contribution < 1.29 is 9.53 Å². The van der Waals surface area contributed by atoms with Gasteiger partial charge in [-0.3, -0.25) is 4.79 Å². The number of hydrogen-bond acceptors (Lipinski definition) is 4. The van der Waals surface area contributed by atoms with Crippen molar-refractivity contribution in [3.63, 3.8) is 0 Å². The van der Waals surface area contributed by atoms with Crippen LogP contribution in [0.1, 0.15) is 12.0 Å². The molecule has 6 heteroatoms. The average Bonchev–Trinajstić information content (AvgIpc) is 2.49. The van der Waals surface area contributed by atoms with Gasteiger partial charge in [-0.25, -0.2) is 10.4 Å². The molecule has 21 heavy (non-hydrogen) atoms. The first-order valence-corrected chi connectivity index (χ1v) is 7.11. The number of carbonyl (C=O) groups is 1. The van der Waals surface area contributed by atoms with Gasteiger partial charge in [-0.2, -0.15) is 0 Å². The van der Waals surface area contributed by atoms with Crippen LogP contribution in [-0.2, 0) is 16.0 Å². The van der Waals surface area contributed by atoms with Crippen LogP contribution >= 0.6 is 23.4 Å². The maximum absolute atomic E-state index is 12.2. The Morgan fingerprint density at radius 2 is 2.10 bits per heavy atom. The lowest BCUT2D eigenvalue weighted by Gasteiger charge is -2.29. The molecule has 1 aliphatic rings. The number of methoxy groups -OCH3 is 1. The van der Waals surface area contributed by atoms with Crippen molar-refractivity contribution in [2.45, 2.75) is 12.8 Å². The van der Waals surface area contributed by atoms with E-state index in [1.54, 1.807) is 18.2 Å². The number of hydrazine groups is 1. The van der Waals surface area contributed by atoms with E-state index in [2.05, 4.69) is 0 Å². The van der Waals surface area contributed by atoms with Crippen molar-refractivity contribution >= 4 is 35.0 Å². The van der Waals surface area contributed by atoms with Crippen molar-refractivity contribution in [3.05, 3.63) is 53.1 Å². The summed E-state index contributed by atoms with van der Waals surface area (Å²) < 4.78 is 5.97. The Balaban J connectivity index is 2.24. The molecule has 0 saturated heterocycles. The minimum Gasteiger partial charge on any atom is -0.468 e. The number of hydrogen-bond donors (Lipinski definition) is 1. The summed E-state index contributed by atoms with van der Waals surface area (Å²) in [4.78, 5) is 12.2. The smallest absolute Gasteiger partial charge is 0.316 e. The Morgan fingerprint density at radius 1 is 1.43 bits per heavy atom. The van der Waals surface area contributed by atoms with Crippen molar-refractivity contribution in [2.24, 2.45) is 11.3 Å². The lowest BCUT2D eigenvalue weighted by molar-refractivity contribution is -0.149. The summed E-state index contributed by atoms with van der Waals surface area (Å²) in [6.07, 6.45) is 6.40. The number of nitrogens with two attached hydrogens (primary N) is 1. The number of benzene rings is 1. The normalized spacial score (nSPS) is 20.9. The molecule has 1 atom stereocenters. The van der Waals surface area contributed by atoms with Crippen LogP contribution in [0.4, 0.5) is 5.69 Å². The highest BCUT2D eigenvalue weighted by Gasteiger charge is 2.37. The van der Waals surface area contributed by atoms with E-state index in [-0.39, 0.29) is 5.97 Å². The van der Waals surface area contributed by atoms with Gasteiger partial charge in [0.2, 0.25) is 0 Å². The lowest BCUT2D eigenvalue weighted by Crippen LogP contribution is -2.33. The molecule has 0 aromatic heterocycles. The van der Waals surface area contributed by atoms with E-state index >= 15 is 0 Å². The summed E-state index contributed by atoms with van der Waals surface area (Å²) in [5.41, 5.74) is 0.936. The fraction of sp³-hybridized carbons (Fsp3) is 0.267. The fourth-order valence-corrected chi connectivity index (χ4v) is 2.59. The average molecular weight is 327 g/mol. The first-order valence-electron chi connectivity index (χ1n) is 6.40. The van der Waals surface area contributed by atoms with Gasteiger partial charge in [-0.05, 0) is 36.6 Å². The van der Waals surface area contributed by atoms with Crippen molar-refractivity contribution in [1.82, 2.24) is 0 Å². The Hall–Kier alpha value is -1.49. The predicted molar refractivity (Wildman–Crippen MR) is 84.8 cm³/mol. The van der Waals surface area contributed by atoms with Crippen LogP contribution in [0.2, 0.25) is 0 Å². The van der Waals surface area contributed by atoms with E-state index in [1.807, 2.05) is 24.3 Å². The Morgan fingerprint density at radius 3 is 2.57 bits per heavy atom. The van der Waals surface area contributed by atoms with Crippen molar-refractivity contribution in [1.29, 1.82) is 0 Å². The van der Waals surface area contributed by atoms with Crippen LogP contribution < -0.4 is 10.4 Å². The Labute approximate surface area is 133 Å². The van der Waals surface area contributed by atoms with Gasteiger partial charge in [0, 0.05) is 16.8 Å². The minimum absolute atomic E-state index is 0.277. The summed E-state index contributed by atoms with van der Waals surface area (Å²) in [5.74, 6) is 5.17. The highest BCUT2D eigenvalue weighted by atomic mass is 35.5. The Bertz CT molecular complexity index is 582. The maximum Gasteiger partial charge on any atom is 0.316 e. The maximum atomic E-state index is 12.2. The molecule has 1 unspecified atom stereocenters. The quantitative estimate of drug-likeness (QED) is 0.399. The molecule has 0 radical (unpaired) electrons. The number of carbonyl (C=O) groups excluding carboxylic acids is 1. The number of esters is 1. The van der Waals surface area contributed by atoms with E-state index in [0.29, 0.717) is 23.6 Å². The van der Waals surface area contributed by atoms with Gasteiger partial charge in [-0.1, -0.05) is 35.9 Å². The number of allylic oxidation sites excluding steroid dienone is 3. The monoisotopic (exact) mass is 326 g/mol. The van der Waals surface area contributed by atoms with Gasteiger partial charge in [0.25, 0.3) is 0 Å². The zero-order valence-corrected chi connectivity index (χ0v) is 13.1. The van der Waals surface area contributed by atoms with Gasteiger partial charge >= 0.3 is 5.97 Å². The summed E-state index contributed by atoms with van der Waals surface area (Å²) in [6.45, 7) is 0. The first kappa shape index (κ1) is 15.9. The molecule has 0 aliphatic heterocycles. The molecule has 2 N–H and O–H groups in total. The van der Waals surface area contributed by atoms with Crippen LogP contribution in [0.25, 0.3) is 0 Å². The van der Waals surface area contributed by atoms with Gasteiger partial charge in [-0.15, -0.1) is 0 Å². The molecule has 1 aromatic rings.